The molecule has 0 aromatic rings. The highest BCUT2D eigenvalue weighted by atomic mass is 15.1. The average molecular weight is 154 g/mol. The van der Waals surface area contributed by atoms with Crippen molar-refractivity contribution in [2.24, 2.45) is 5.92 Å². The number of fused-ring (bicyclic) bond motifs is 1. The predicted molar refractivity (Wildman–Crippen MR) is 46.3 cm³/mol. The van der Waals surface area contributed by atoms with Crippen molar-refractivity contribution in [2.45, 2.75) is 44.7 Å². The zero-order chi connectivity index (χ0) is 7.68. The first-order valence-corrected chi connectivity index (χ1v) is 4.84. The van der Waals surface area contributed by atoms with Gasteiger partial charge in [-0.25, -0.2) is 0 Å². The zero-order valence-corrected chi connectivity index (χ0v) is 7.27. The largest absolute Gasteiger partial charge is 0.302 e. The Morgan fingerprint density at radius 1 is 1.09 bits per heavy atom. The van der Waals surface area contributed by atoms with Gasteiger partial charge in [-0.2, -0.15) is 0 Å². The molecule has 2 rings (SSSR count). The molecule has 0 aromatic heterocycles. The van der Waals surface area contributed by atoms with E-state index in [-0.39, 0.29) is 0 Å². The van der Waals surface area contributed by atoms with Crippen molar-refractivity contribution in [3.8, 4) is 0 Å². The summed E-state index contributed by atoms with van der Waals surface area (Å²) in [5.74, 6) is 0.900. The molecule has 1 saturated carbocycles. The van der Waals surface area contributed by atoms with Crippen molar-refractivity contribution in [1.82, 2.24) is 10.6 Å². The fourth-order valence-corrected chi connectivity index (χ4v) is 2.51. The Balaban J connectivity index is 1.99. The van der Waals surface area contributed by atoms with Gasteiger partial charge in [-0.3, -0.25) is 0 Å². The van der Waals surface area contributed by atoms with Gasteiger partial charge in [-0.05, 0) is 25.7 Å². The lowest BCUT2D eigenvalue weighted by Gasteiger charge is -2.41. The average Bonchev–Trinajstić information content (AvgIpc) is 2.06. The minimum absolute atomic E-state index is 0.738. The summed E-state index contributed by atoms with van der Waals surface area (Å²) in [5, 5.41) is 7.01. The highest BCUT2D eigenvalue weighted by molar-refractivity contribution is 4.89. The third kappa shape index (κ3) is 1.42. The molecule has 11 heavy (non-hydrogen) atoms. The summed E-state index contributed by atoms with van der Waals surface area (Å²) in [5.41, 5.74) is 0. The second-order valence-electron chi connectivity index (χ2n) is 3.93. The van der Waals surface area contributed by atoms with E-state index in [0.717, 1.165) is 24.7 Å². The van der Waals surface area contributed by atoms with Crippen LogP contribution < -0.4 is 10.6 Å². The Hall–Kier alpha value is -0.0800. The van der Waals surface area contributed by atoms with Crippen molar-refractivity contribution in [2.75, 3.05) is 6.67 Å². The van der Waals surface area contributed by atoms with Gasteiger partial charge in [-0.15, -0.1) is 0 Å². The fraction of sp³-hybridized carbons (Fsp3) is 1.00. The standard InChI is InChI=1S/C9H18N2/c1-7-8-4-2-3-5-9(8)11-6-10-7/h7-11H,2-6H2,1H3. The summed E-state index contributed by atoms with van der Waals surface area (Å²) < 4.78 is 0. The van der Waals surface area contributed by atoms with Gasteiger partial charge in [0.05, 0.1) is 0 Å². The molecule has 0 bridgehead atoms. The van der Waals surface area contributed by atoms with E-state index >= 15 is 0 Å². The molecule has 2 nitrogen and oxygen atoms in total. The molecule has 2 aliphatic rings. The topological polar surface area (TPSA) is 24.1 Å². The quantitative estimate of drug-likeness (QED) is 0.545. The van der Waals surface area contributed by atoms with Crippen LogP contribution in [-0.4, -0.2) is 18.8 Å². The maximum Gasteiger partial charge on any atom is 0.0458 e. The lowest BCUT2D eigenvalue weighted by molar-refractivity contribution is 0.167. The lowest BCUT2D eigenvalue weighted by atomic mass is 9.79. The monoisotopic (exact) mass is 154 g/mol. The van der Waals surface area contributed by atoms with E-state index in [0.29, 0.717) is 0 Å². The predicted octanol–water partition coefficient (Wildman–Crippen LogP) is 1.08. The molecular weight excluding hydrogens is 136 g/mol. The van der Waals surface area contributed by atoms with Gasteiger partial charge in [0.1, 0.15) is 0 Å². The van der Waals surface area contributed by atoms with E-state index in [1.807, 2.05) is 0 Å². The summed E-state index contributed by atoms with van der Waals surface area (Å²) in [6.07, 6.45) is 5.69. The second-order valence-corrected chi connectivity index (χ2v) is 3.93. The van der Waals surface area contributed by atoms with E-state index in [1.54, 1.807) is 0 Å². The molecule has 1 aliphatic heterocycles. The van der Waals surface area contributed by atoms with Crippen molar-refractivity contribution in [1.29, 1.82) is 0 Å². The Bertz CT molecular complexity index is 134. The van der Waals surface area contributed by atoms with Gasteiger partial charge in [-0.1, -0.05) is 12.8 Å². The van der Waals surface area contributed by atoms with E-state index in [9.17, 15) is 0 Å². The molecular formula is C9H18N2. The van der Waals surface area contributed by atoms with Crippen LogP contribution in [0.25, 0.3) is 0 Å². The molecule has 1 saturated heterocycles. The first-order valence-electron chi connectivity index (χ1n) is 4.84. The minimum atomic E-state index is 0.738. The van der Waals surface area contributed by atoms with Crippen LogP contribution >= 0.6 is 0 Å². The van der Waals surface area contributed by atoms with Gasteiger partial charge >= 0.3 is 0 Å². The maximum absolute atomic E-state index is 3.54. The van der Waals surface area contributed by atoms with Gasteiger partial charge in [0, 0.05) is 18.8 Å². The van der Waals surface area contributed by atoms with Crippen LogP contribution in [0.15, 0.2) is 0 Å². The number of hydrogen-bond donors (Lipinski definition) is 2. The summed E-state index contributed by atoms with van der Waals surface area (Å²) >= 11 is 0. The number of hydrogen-bond acceptors (Lipinski definition) is 2. The number of nitrogens with one attached hydrogen (secondary N) is 2. The van der Waals surface area contributed by atoms with Crippen LogP contribution in [0.5, 0.6) is 0 Å². The Morgan fingerprint density at radius 2 is 1.91 bits per heavy atom. The molecule has 3 atom stereocenters. The highest BCUT2D eigenvalue weighted by Crippen LogP contribution is 2.28. The van der Waals surface area contributed by atoms with E-state index in [2.05, 4.69) is 17.6 Å². The third-order valence-electron chi connectivity index (χ3n) is 3.25. The van der Waals surface area contributed by atoms with Gasteiger partial charge < -0.3 is 10.6 Å². The second kappa shape index (κ2) is 3.11. The molecule has 3 unspecified atom stereocenters. The van der Waals surface area contributed by atoms with E-state index in [4.69, 9.17) is 0 Å². The normalized spacial score (nSPS) is 45.0. The molecule has 0 radical (unpaired) electrons. The number of rotatable bonds is 0. The smallest absolute Gasteiger partial charge is 0.0458 e. The zero-order valence-electron chi connectivity index (χ0n) is 7.27. The molecule has 0 amide bonds. The molecule has 1 heterocycles. The molecule has 64 valence electrons. The van der Waals surface area contributed by atoms with E-state index in [1.165, 1.54) is 25.7 Å². The Morgan fingerprint density at radius 3 is 2.73 bits per heavy atom. The van der Waals surface area contributed by atoms with Crippen molar-refractivity contribution in [3.05, 3.63) is 0 Å². The summed E-state index contributed by atoms with van der Waals surface area (Å²) in [6, 6.07) is 1.56. The Kier molecular flexibility index (Phi) is 2.14. The molecule has 2 fully saturated rings. The minimum Gasteiger partial charge on any atom is -0.302 e. The van der Waals surface area contributed by atoms with Crippen LogP contribution in [0.4, 0.5) is 0 Å². The SMILES string of the molecule is CC1NCNC2CCCCC12. The summed E-state index contributed by atoms with van der Waals surface area (Å²) in [7, 11) is 0. The van der Waals surface area contributed by atoms with Crippen LogP contribution in [-0.2, 0) is 0 Å². The first kappa shape index (κ1) is 7.56. The van der Waals surface area contributed by atoms with Crippen LogP contribution in [0.3, 0.4) is 0 Å². The van der Waals surface area contributed by atoms with Crippen LogP contribution in [0.2, 0.25) is 0 Å². The van der Waals surface area contributed by atoms with Crippen molar-refractivity contribution < 1.29 is 0 Å². The molecule has 0 aromatic carbocycles. The summed E-state index contributed by atoms with van der Waals surface area (Å²) in [6.45, 7) is 3.34. The van der Waals surface area contributed by atoms with Crippen LogP contribution in [0, 0.1) is 5.92 Å². The van der Waals surface area contributed by atoms with Crippen molar-refractivity contribution >= 4 is 0 Å². The highest BCUT2D eigenvalue weighted by Gasteiger charge is 2.31. The maximum atomic E-state index is 3.54. The molecule has 2 N–H and O–H groups in total. The van der Waals surface area contributed by atoms with E-state index < -0.39 is 0 Å². The molecule has 2 heteroatoms. The van der Waals surface area contributed by atoms with Gasteiger partial charge in [0.25, 0.3) is 0 Å². The third-order valence-corrected chi connectivity index (χ3v) is 3.25. The molecule has 0 spiro atoms. The van der Waals surface area contributed by atoms with Gasteiger partial charge in [0.15, 0.2) is 0 Å². The molecule has 1 aliphatic carbocycles. The van der Waals surface area contributed by atoms with Gasteiger partial charge in [0.2, 0.25) is 0 Å². The lowest BCUT2D eigenvalue weighted by Crippen LogP contribution is -2.57. The fourth-order valence-electron chi connectivity index (χ4n) is 2.51. The Labute approximate surface area is 68.7 Å². The first-order chi connectivity index (χ1) is 5.38. The van der Waals surface area contributed by atoms with Crippen molar-refractivity contribution in [3.63, 3.8) is 0 Å². The summed E-state index contributed by atoms with van der Waals surface area (Å²) in [4.78, 5) is 0. The van der Waals surface area contributed by atoms with Crippen LogP contribution in [0.1, 0.15) is 32.6 Å².